The Morgan fingerprint density at radius 3 is 1.84 bits per heavy atom. The summed E-state index contributed by atoms with van der Waals surface area (Å²) < 4.78 is 153. The lowest BCUT2D eigenvalue weighted by molar-refractivity contribution is -0.296. The lowest BCUT2D eigenvalue weighted by Gasteiger charge is -2.31. The summed E-state index contributed by atoms with van der Waals surface area (Å²) in [6.45, 7) is 2.42. The molecule has 0 bridgehead atoms. The van der Waals surface area contributed by atoms with Gasteiger partial charge in [-0.15, -0.1) is 0 Å². The molecule has 1 aliphatic heterocycles. The summed E-state index contributed by atoms with van der Waals surface area (Å²) in [6, 6.07) is 0. The van der Waals surface area contributed by atoms with Crippen LogP contribution in [0.3, 0.4) is 0 Å². The fraction of sp³-hybridized carbons (Fsp3) is 0.938. The first kappa shape index (κ1) is 27.7. The Hall–Kier alpha value is -1.38. The van der Waals surface area contributed by atoms with E-state index < -0.39 is 61.2 Å². The van der Waals surface area contributed by atoms with Crippen molar-refractivity contribution in [3.63, 3.8) is 0 Å². The van der Waals surface area contributed by atoms with Crippen LogP contribution in [0.4, 0.5) is 48.3 Å². The number of carbonyl (C=O) groups excluding carboxylic acids is 1. The molecule has 1 atom stereocenters. The van der Waals surface area contributed by atoms with Crippen LogP contribution < -0.4 is 0 Å². The lowest BCUT2D eigenvalue weighted by Crippen LogP contribution is -2.49. The van der Waals surface area contributed by atoms with Crippen LogP contribution in [0, 0.1) is 0 Å². The molecular formula is C16H20F11NO3. The van der Waals surface area contributed by atoms with Crippen LogP contribution in [0.15, 0.2) is 0 Å². The highest BCUT2D eigenvalue weighted by Crippen LogP contribution is 2.48. The van der Waals surface area contributed by atoms with E-state index in [9.17, 15) is 53.1 Å². The lowest BCUT2D eigenvalue weighted by atomic mass is 9.98. The molecule has 0 aromatic heterocycles. The first-order valence-electron chi connectivity index (χ1n) is 8.90. The van der Waals surface area contributed by atoms with E-state index in [4.69, 9.17) is 4.74 Å². The Labute approximate surface area is 169 Å². The molecule has 1 fully saturated rings. The molecule has 0 aliphatic carbocycles. The molecule has 1 unspecified atom stereocenters. The molecule has 4 nitrogen and oxygen atoms in total. The standard InChI is InChI=1S/C16H20F11NO3/c1-10(8-28-4-6-30-7-5-28)31-11(29)12(17,18)9-15(23,24)13(19,20)2-3-14(21,22)16(25,26)27/h10H,2-9H2,1H3. The van der Waals surface area contributed by atoms with E-state index in [1.165, 1.54) is 0 Å². The summed E-state index contributed by atoms with van der Waals surface area (Å²) in [6.07, 6.45) is -16.2. The first-order chi connectivity index (χ1) is 13.8. The molecule has 0 aromatic carbocycles. The quantitative estimate of drug-likeness (QED) is 0.338. The van der Waals surface area contributed by atoms with Crippen molar-refractivity contribution in [3.8, 4) is 0 Å². The molecule has 184 valence electrons. The summed E-state index contributed by atoms with van der Waals surface area (Å²) in [4.78, 5) is 13.1. The fourth-order valence-electron chi connectivity index (χ4n) is 2.57. The molecule has 0 amide bonds. The van der Waals surface area contributed by atoms with E-state index in [2.05, 4.69) is 4.74 Å². The van der Waals surface area contributed by atoms with Crippen LogP contribution in [0.25, 0.3) is 0 Å². The molecule has 0 saturated carbocycles. The van der Waals surface area contributed by atoms with Crippen molar-refractivity contribution in [1.29, 1.82) is 0 Å². The second-order valence-corrected chi connectivity index (χ2v) is 7.12. The average molecular weight is 483 g/mol. The molecule has 0 radical (unpaired) electrons. The minimum Gasteiger partial charge on any atom is -0.457 e. The highest BCUT2D eigenvalue weighted by molar-refractivity contribution is 5.77. The molecule has 1 rings (SSSR count). The Kier molecular flexibility index (Phi) is 8.59. The van der Waals surface area contributed by atoms with E-state index in [0.29, 0.717) is 26.3 Å². The van der Waals surface area contributed by atoms with Gasteiger partial charge in [0.2, 0.25) is 0 Å². The molecule has 1 saturated heterocycles. The maximum Gasteiger partial charge on any atom is 0.453 e. The fourth-order valence-corrected chi connectivity index (χ4v) is 2.57. The third kappa shape index (κ3) is 7.61. The molecule has 0 spiro atoms. The summed E-state index contributed by atoms with van der Waals surface area (Å²) in [5, 5.41) is 0. The molecular weight excluding hydrogens is 463 g/mol. The minimum atomic E-state index is -6.29. The topological polar surface area (TPSA) is 38.8 Å². The van der Waals surface area contributed by atoms with Gasteiger partial charge in [-0.2, -0.15) is 48.3 Å². The van der Waals surface area contributed by atoms with Gasteiger partial charge in [-0.05, 0) is 6.92 Å². The first-order valence-corrected chi connectivity index (χ1v) is 8.90. The van der Waals surface area contributed by atoms with Gasteiger partial charge >= 0.3 is 35.8 Å². The van der Waals surface area contributed by atoms with Gasteiger partial charge in [0.05, 0.1) is 19.6 Å². The number of halogens is 11. The van der Waals surface area contributed by atoms with Crippen molar-refractivity contribution < 1.29 is 62.6 Å². The number of esters is 1. The van der Waals surface area contributed by atoms with Gasteiger partial charge in [-0.1, -0.05) is 0 Å². The zero-order valence-electron chi connectivity index (χ0n) is 16.1. The van der Waals surface area contributed by atoms with Crippen LogP contribution >= 0.6 is 0 Å². The molecule has 1 heterocycles. The molecule has 1 aliphatic rings. The van der Waals surface area contributed by atoms with Crippen molar-refractivity contribution in [2.45, 2.75) is 62.2 Å². The molecule has 15 heteroatoms. The van der Waals surface area contributed by atoms with Gasteiger partial charge in [0.25, 0.3) is 0 Å². The third-order valence-electron chi connectivity index (χ3n) is 4.37. The van der Waals surface area contributed by atoms with Crippen molar-refractivity contribution in [1.82, 2.24) is 4.90 Å². The molecule has 0 aromatic rings. The Bertz CT molecular complexity index is 604. The zero-order valence-corrected chi connectivity index (χ0v) is 16.1. The summed E-state index contributed by atoms with van der Waals surface area (Å²) in [7, 11) is 0. The maximum absolute atomic E-state index is 13.8. The Balaban J connectivity index is 2.73. The van der Waals surface area contributed by atoms with E-state index in [-0.39, 0.29) is 6.54 Å². The number of morpholine rings is 1. The minimum absolute atomic E-state index is 0.0791. The SMILES string of the molecule is CC(CN1CCOCC1)OC(=O)C(F)(F)CC(F)(F)C(F)(F)CCC(F)(F)C(F)(F)F. The van der Waals surface area contributed by atoms with Crippen LogP contribution in [0.5, 0.6) is 0 Å². The van der Waals surface area contributed by atoms with Gasteiger partial charge in [-0.3, -0.25) is 4.90 Å². The van der Waals surface area contributed by atoms with E-state index >= 15 is 0 Å². The van der Waals surface area contributed by atoms with E-state index in [1.807, 2.05) is 0 Å². The highest BCUT2D eigenvalue weighted by Gasteiger charge is 2.65. The second-order valence-electron chi connectivity index (χ2n) is 7.12. The summed E-state index contributed by atoms with van der Waals surface area (Å²) in [5.41, 5.74) is 0. The van der Waals surface area contributed by atoms with Gasteiger partial charge in [0.15, 0.2) is 0 Å². The van der Waals surface area contributed by atoms with Crippen LogP contribution in [0.1, 0.15) is 26.2 Å². The number of carbonyl (C=O) groups is 1. The van der Waals surface area contributed by atoms with Crippen LogP contribution in [0.2, 0.25) is 0 Å². The summed E-state index contributed by atoms with van der Waals surface area (Å²) >= 11 is 0. The number of rotatable bonds is 10. The van der Waals surface area contributed by atoms with Crippen molar-refractivity contribution in [3.05, 3.63) is 0 Å². The Morgan fingerprint density at radius 2 is 1.35 bits per heavy atom. The maximum atomic E-state index is 13.8. The number of ether oxygens (including phenoxy) is 2. The van der Waals surface area contributed by atoms with Gasteiger partial charge in [0, 0.05) is 32.5 Å². The predicted octanol–water partition coefficient (Wildman–Crippen LogP) is 4.52. The van der Waals surface area contributed by atoms with E-state index in [1.54, 1.807) is 4.90 Å². The van der Waals surface area contributed by atoms with Gasteiger partial charge < -0.3 is 9.47 Å². The normalized spacial score (nSPS) is 18.7. The monoisotopic (exact) mass is 483 g/mol. The van der Waals surface area contributed by atoms with Crippen LogP contribution in [-0.4, -0.2) is 79.7 Å². The number of alkyl halides is 11. The van der Waals surface area contributed by atoms with E-state index in [0.717, 1.165) is 6.92 Å². The zero-order chi connectivity index (χ0) is 24.3. The number of hydrogen-bond acceptors (Lipinski definition) is 4. The van der Waals surface area contributed by atoms with Crippen molar-refractivity contribution in [2.24, 2.45) is 0 Å². The smallest absolute Gasteiger partial charge is 0.453 e. The highest BCUT2D eigenvalue weighted by atomic mass is 19.4. The number of hydrogen-bond donors (Lipinski definition) is 0. The van der Waals surface area contributed by atoms with Crippen LogP contribution in [-0.2, 0) is 14.3 Å². The van der Waals surface area contributed by atoms with Crippen molar-refractivity contribution in [2.75, 3.05) is 32.8 Å². The second kappa shape index (κ2) is 9.63. The molecule has 31 heavy (non-hydrogen) atoms. The largest absolute Gasteiger partial charge is 0.457 e. The van der Waals surface area contributed by atoms with Gasteiger partial charge in [-0.25, -0.2) is 4.79 Å². The third-order valence-corrected chi connectivity index (χ3v) is 4.37. The van der Waals surface area contributed by atoms with Gasteiger partial charge in [0.1, 0.15) is 6.10 Å². The predicted molar refractivity (Wildman–Crippen MR) is 82.5 cm³/mol. The number of nitrogens with zero attached hydrogens (tertiary/aromatic N) is 1. The molecule has 0 N–H and O–H groups in total. The summed E-state index contributed by atoms with van der Waals surface area (Å²) in [5.74, 6) is -24.9. The average Bonchev–Trinajstić information content (AvgIpc) is 2.59. The Morgan fingerprint density at radius 1 is 0.871 bits per heavy atom. The van der Waals surface area contributed by atoms with Crippen molar-refractivity contribution >= 4 is 5.97 Å².